The van der Waals surface area contributed by atoms with Crippen LogP contribution in [0.2, 0.25) is 15.1 Å². The van der Waals surface area contributed by atoms with E-state index in [2.05, 4.69) is 5.32 Å². The molecule has 0 atom stereocenters. The van der Waals surface area contributed by atoms with Gasteiger partial charge in [0.2, 0.25) is 0 Å². The van der Waals surface area contributed by atoms with Gasteiger partial charge in [0.15, 0.2) is 6.61 Å². The van der Waals surface area contributed by atoms with Crippen molar-refractivity contribution >= 4 is 52.4 Å². The molecule has 2 N–H and O–H groups in total. The molecule has 2 aromatic rings. The second-order valence-corrected chi connectivity index (χ2v) is 5.75. The zero-order chi connectivity index (χ0) is 17.0. The number of carbonyl (C=O) groups excluding carboxylic acids is 1. The van der Waals surface area contributed by atoms with Gasteiger partial charge < -0.3 is 15.2 Å². The van der Waals surface area contributed by atoms with Crippen molar-refractivity contribution in [2.75, 3.05) is 11.9 Å². The molecule has 0 saturated heterocycles. The standard InChI is InChI=1S/C15H10Cl3NO4/c16-8-1-2-13(12(6-8)15(21)22)23-7-14(20)19-11-4-9(17)3-10(18)5-11/h1-6H,7H2,(H,19,20)(H,21,22). The molecule has 0 aromatic heterocycles. The SMILES string of the molecule is O=C(COc1ccc(Cl)cc1C(=O)O)Nc1cc(Cl)cc(Cl)c1. The summed E-state index contributed by atoms with van der Waals surface area (Å²) in [5, 5.41) is 12.6. The highest BCUT2D eigenvalue weighted by Gasteiger charge is 2.13. The number of anilines is 1. The van der Waals surface area contributed by atoms with Gasteiger partial charge in [-0.25, -0.2) is 4.79 Å². The molecule has 1 amide bonds. The van der Waals surface area contributed by atoms with Crippen LogP contribution in [0, 0.1) is 0 Å². The maximum absolute atomic E-state index is 11.9. The number of rotatable bonds is 5. The number of amides is 1. The Bertz CT molecular complexity index is 744. The van der Waals surface area contributed by atoms with Gasteiger partial charge in [-0.05, 0) is 36.4 Å². The zero-order valence-electron chi connectivity index (χ0n) is 11.5. The van der Waals surface area contributed by atoms with Crippen LogP contribution in [-0.4, -0.2) is 23.6 Å². The Morgan fingerprint density at radius 3 is 2.26 bits per heavy atom. The summed E-state index contributed by atoms with van der Waals surface area (Å²) in [4.78, 5) is 23.0. The maximum atomic E-state index is 11.9. The van der Waals surface area contributed by atoms with Crippen molar-refractivity contribution in [3.8, 4) is 5.75 Å². The third kappa shape index (κ3) is 5.03. The zero-order valence-corrected chi connectivity index (χ0v) is 13.7. The normalized spacial score (nSPS) is 10.2. The van der Waals surface area contributed by atoms with Crippen molar-refractivity contribution in [1.82, 2.24) is 0 Å². The summed E-state index contributed by atoms with van der Waals surface area (Å²) in [6.45, 7) is -0.383. The van der Waals surface area contributed by atoms with Crippen LogP contribution in [0.4, 0.5) is 5.69 Å². The van der Waals surface area contributed by atoms with Gasteiger partial charge in [-0.1, -0.05) is 34.8 Å². The van der Waals surface area contributed by atoms with E-state index in [0.717, 1.165) is 0 Å². The van der Waals surface area contributed by atoms with Crippen molar-refractivity contribution in [2.24, 2.45) is 0 Å². The van der Waals surface area contributed by atoms with Crippen LogP contribution in [0.3, 0.4) is 0 Å². The highest BCUT2D eigenvalue weighted by molar-refractivity contribution is 6.35. The van der Waals surface area contributed by atoms with E-state index in [1.807, 2.05) is 0 Å². The van der Waals surface area contributed by atoms with Gasteiger partial charge in [0.25, 0.3) is 5.91 Å². The van der Waals surface area contributed by atoms with Gasteiger partial charge in [0.05, 0.1) is 0 Å². The number of carboxylic acid groups (broad SMARTS) is 1. The van der Waals surface area contributed by atoms with Gasteiger partial charge in [-0.15, -0.1) is 0 Å². The Hall–Kier alpha value is -1.95. The first kappa shape index (κ1) is 17.4. The van der Waals surface area contributed by atoms with Gasteiger partial charge in [0, 0.05) is 20.8 Å². The van der Waals surface area contributed by atoms with E-state index < -0.39 is 11.9 Å². The number of ether oxygens (including phenoxy) is 1. The van der Waals surface area contributed by atoms with Crippen LogP contribution in [0.1, 0.15) is 10.4 Å². The minimum atomic E-state index is -1.20. The molecule has 0 aliphatic heterocycles. The highest BCUT2D eigenvalue weighted by Crippen LogP contribution is 2.24. The predicted octanol–water partition coefficient (Wildman–Crippen LogP) is 4.36. The third-order valence-electron chi connectivity index (χ3n) is 2.68. The van der Waals surface area contributed by atoms with Crippen molar-refractivity contribution in [3.05, 3.63) is 57.0 Å². The Labute approximate surface area is 146 Å². The van der Waals surface area contributed by atoms with E-state index in [-0.39, 0.29) is 22.9 Å². The number of carbonyl (C=O) groups is 2. The summed E-state index contributed by atoms with van der Waals surface area (Å²) in [7, 11) is 0. The number of carboxylic acids is 1. The summed E-state index contributed by atoms with van der Waals surface area (Å²) >= 11 is 17.4. The minimum Gasteiger partial charge on any atom is -0.483 e. The Morgan fingerprint density at radius 2 is 1.65 bits per heavy atom. The molecule has 0 saturated carbocycles. The number of benzene rings is 2. The number of nitrogens with one attached hydrogen (secondary N) is 1. The Balaban J connectivity index is 2.03. The summed E-state index contributed by atoms with van der Waals surface area (Å²) in [5.41, 5.74) is 0.279. The molecule has 8 heteroatoms. The lowest BCUT2D eigenvalue weighted by molar-refractivity contribution is -0.118. The molecule has 5 nitrogen and oxygen atoms in total. The Kier molecular flexibility index (Phi) is 5.71. The monoisotopic (exact) mass is 373 g/mol. The van der Waals surface area contributed by atoms with Crippen LogP contribution < -0.4 is 10.1 Å². The fourth-order valence-corrected chi connectivity index (χ4v) is 2.46. The van der Waals surface area contributed by atoms with Crippen LogP contribution >= 0.6 is 34.8 Å². The van der Waals surface area contributed by atoms with Crippen LogP contribution in [0.25, 0.3) is 0 Å². The second kappa shape index (κ2) is 7.55. The van der Waals surface area contributed by atoms with Crippen molar-refractivity contribution in [2.45, 2.75) is 0 Å². The van der Waals surface area contributed by atoms with E-state index in [1.165, 1.54) is 36.4 Å². The van der Waals surface area contributed by atoms with E-state index in [4.69, 9.17) is 44.6 Å². The van der Waals surface area contributed by atoms with Crippen LogP contribution in [-0.2, 0) is 4.79 Å². The third-order valence-corrected chi connectivity index (χ3v) is 3.35. The first-order valence-electron chi connectivity index (χ1n) is 6.27. The molecule has 0 radical (unpaired) electrons. The first-order chi connectivity index (χ1) is 10.8. The second-order valence-electron chi connectivity index (χ2n) is 4.44. The van der Waals surface area contributed by atoms with Crippen molar-refractivity contribution in [1.29, 1.82) is 0 Å². The lowest BCUT2D eigenvalue weighted by atomic mass is 10.2. The van der Waals surface area contributed by atoms with E-state index in [9.17, 15) is 9.59 Å². The number of halogens is 3. The summed E-state index contributed by atoms with van der Waals surface area (Å²) in [6, 6.07) is 8.68. The average Bonchev–Trinajstić information content (AvgIpc) is 2.44. The molecule has 2 aromatic carbocycles. The van der Waals surface area contributed by atoms with Crippen molar-refractivity contribution in [3.63, 3.8) is 0 Å². The fourth-order valence-electron chi connectivity index (χ4n) is 1.76. The van der Waals surface area contributed by atoms with Gasteiger partial charge in [-0.3, -0.25) is 4.79 Å². The maximum Gasteiger partial charge on any atom is 0.339 e. The van der Waals surface area contributed by atoms with Crippen LogP contribution in [0.15, 0.2) is 36.4 Å². The van der Waals surface area contributed by atoms with E-state index in [0.29, 0.717) is 15.7 Å². The largest absolute Gasteiger partial charge is 0.483 e. The molecule has 0 heterocycles. The van der Waals surface area contributed by atoms with Gasteiger partial charge in [0.1, 0.15) is 11.3 Å². The highest BCUT2D eigenvalue weighted by atomic mass is 35.5. The van der Waals surface area contributed by atoms with Gasteiger partial charge >= 0.3 is 5.97 Å². The molecule has 0 spiro atoms. The molecule has 0 aliphatic rings. The molecule has 23 heavy (non-hydrogen) atoms. The average molecular weight is 375 g/mol. The summed E-state index contributed by atoms with van der Waals surface area (Å²) in [6.07, 6.45) is 0. The summed E-state index contributed by atoms with van der Waals surface area (Å²) in [5.74, 6) is -1.65. The van der Waals surface area contributed by atoms with Crippen molar-refractivity contribution < 1.29 is 19.4 Å². The molecular formula is C15H10Cl3NO4. The lowest BCUT2D eigenvalue weighted by Gasteiger charge is -2.10. The Morgan fingerprint density at radius 1 is 1.00 bits per heavy atom. The van der Waals surface area contributed by atoms with Gasteiger partial charge in [-0.2, -0.15) is 0 Å². The molecule has 0 aliphatic carbocycles. The van der Waals surface area contributed by atoms with E-state index >= 15 is 0 Å². The first-order valence-corrected chi connectivity index (χ1v) is 7.40. The predicted molar refractivity (Wildman–Crippen MR) is 89.0 cm³/mol. The number of hydrogen-bond acceptors (Lipinski definition) is 3. The molecule has 2 rings (SSSR count). The molecule has 0 fully saturated rings. The molecule has 0 unspecified atom stereocenters. The molecular weight excluding hydrogens is 365 g/mol. The quantitative estimate of drug-likeness (QED) is 0.815. The molecule has 0 bridgehead atoms. The number of hydrogen-bond donors (Lipinski definition) is 2. The minimum absolute atomic E-state index is 0.0428. The lowest BCUT2D eigenvalue weighted by Crippen LogP contribution is -2.20. The fraction of sp³-hybridized carbons (Fsp3) is 0.0667. The summed E-state index contributed by atoms with van der Waals surface area (Å²) < 4.78 is 5.23. The van der Waals surface area contributed by atoms with E-state index in [1.54, 1.807) is 0 Å². The smallest absolute Gasteiger partial charge is 0.339 e. The number of aromatic carboxylic acids is 1. The van der Waals surface area contributed by atoms with Crippen LogP contribution in [0.5, 0.6) is 5.75 Å². The topological polar surface area (TPSA) is 75.6 Å². The molecule has 120 valence electrons.